The van der Waals surface area contributed by atoms with Crippen molar-refractivity contribution in [2.24, 2.45) is 0 Å². The highest BCUT2D eigenvalue weighted by Crippen LogP contribution is 2.27. The largest absolute Gasteiger partial charge is 0.383 e. The summed E-state index contributed by atoms with van der Waals surface area (Å²) in [5.41, 5.74) is 1.82. The van der Waals surface area contributed by atoms with E-state index in [0.29, 0.717) is 19.0 Å². The second kappa shape index (κ2) is 7.97. The van der Waals surface area contributed by atoms with E-state index < -0.39 is 0 Å². The Balaban J connectivity index is 1.74. The molecular weight excluding hydrogens is 330 g/mol. The lowest BCUT2D eigenvalue weighted by atomic mass is 10.0. The molecule has 136 valence electrons. The molecule has 1 atom stereocenters. The number of fused-ring (bicyclic) bond motifs is 1. The van der Waals surface area contributed by atoms with Crippen LogP contribution in [-0.2, 0) is 11.3 Å². The third kappa shape index (κ3) is 3.83. The molecule has 7 heteroatoms. The van der Waals surface area contributed by atoms with Crippen molar-refractivity contribution in [2.75, 3.05) is 19.0 Å². The van der Waals surface area contributed by atoms with Gasteiger partial charge in [0.05, 0.1) is 18.3 Å². The maximum Gasteiger partial charge on any atom is 0.319 e. The molecule has 0 aliphatic carbocycles. The Labute approximate surface area is 152 Å². The van der Waals surface area contributed by atoms with E-state index in [1.807, 2.05) is 48.7 Å². The van der Waals surface area contributed by atoms with E-state index in [-0.39, 0.29) is 12.1 Å². The molecule has 3 aromatic rings. The number of benzene rings is 2. The van der Waals surface area contributed by atoms with Crippen LogP contribution in [0.25, 0.3) is 10.8 Å². The van der Waals surface area contributed by atoms with Gasteiger partial charge in [-0.25, -0.2) is 4.79 Å². The van der Waals surface area contributed by atoms with E-state index >= 15 is 0 Å². The molecule has 3 rings (SSSR count). The minimum absolute atomic E-state index is 0.279. The Morgan fingerprint density at radius 2 is 2.08 bits per heavy atom. The average Bonchev–Trinajstić information content (AvgIpc) is 3.11. The van der Waals surface area contributed by atoms with Crippen LogP contribution in [0.5, 0.6) is 0 Å². The van der Waals surface area contributed by atoms with Gasteiger partial charge >= 0.3 is 6.03 Å². The van der Waals surface area contributed by atoms with Crippen LogP contribution in [0, 0.1) is 6.92 Å². The van der Waals surface area contributed by atoms with E-state index in [1.165, 1.54) is 0 Å². The maximum absolute atomic E-state index is 12.5. The number of nitrogens with zero attached hydrogens (tertiary/aromatic N) is 3. The summed E-state index contributed by atoms with van der Waals surface area (Å²) < 4.78 is 6.96. The second-order valence-electron chi connectivity index (χ2n) is 6.17. The predicted molar refractivity (Wildman–Crippen MR) is 101 cm³/mol. The lowest BCUT2D eigenvalue weighted by Crippen LogP contribution is -2.33. The van der Waals surface area contributed by atoms with Crippen molar-refractivity contribution in [2.45, 2.75) is 26.4 Å². The number of methoxy groups -OCH3 is 1. The van der Waals surface area contributed by atoms with E-state index in [4.69, 9.17) is 4.74 Å². The number of rotatable bonds is 6. The number of urea groups is 1. The molecular formula is C19H23N5O2. The smallest absolute Gasteiger partial charge is 0.319 e. The molecule has 2 N–H and O–H groups in total. The van der Waals surface area contributed by atoms with Crippen molar-refractivity contribution in [3.63, 3.8) is 0 Å². The molecule has 1 heterocycles. The summed E-state index contributed by atoms with van der Waals surface area (Å²) in [4.78, 5) is 12.5. The number of aromatic nitrogens is 3. The van der Waals surface area contributed by atoms with Gasteiger partial charge in [-0.15, -0.1) is 10.2 Å². The van der Waals surface area contributed by atoms with Gasteiger partial charge in [0.15, 0.2) is 5.82 Å². The van der Waals surface area contributed by atoms with Gasteiger partial charge in [0.25, 0.3) is 0 Å². The molecule has 26 heavy (non-hydrogen) atoms. The zero-order chi connectivity index (χ0) is 18.5. The van der Waals surface area contributed by atoms with E-state index in [0.717, 1.165) is 22.0 Å². The summed E-state index contributed by atoms with van der Waals surface area (Å²) in [6, 6.07) is 11.5. The first kappa shape index (κ1) is 17.9. The number of anilines is 1. The summed E-state index contributed by atoms with van der Waals surface area (Å²) in [6.45, 7) is 5.05. The number of hydrogen-bond donors (Lipinski definition) is 2. The molecule has 0 bridgehead atoms. The highest BCUT2D eigenvalue weighted by atomic mass is 16.5. The maximum atomic E-state index is 12.5. The monoisotopic (exact) mass is 353 g/mol. The van der Waals surface area contributed by atoms with Crippen LogP contribution in [0.2, 0.25) is 0 Å². The summed E-state index contributed by atoms with van der Waals surface area (Å²) in [7, 11) is 1.64. The van der Waals surface area contributed by atoms with Crippen LogP contribution < -0.4 is 10.6 Å². The second-order valence-corrected chi connectivity index (χ2v) is 6.17. The van der Waals surface area contributed by atoms with Crippen LogP contribution >= 0.6 is 0 Å². The molecule has 0 radical (unpaired) electrons. The molecule has 0 aliphatic heterocycles. The quantitative estimate of drug-likeness (QED) is 0.713. The fraction of sp³-hybridized carbons (Fsp3) is 0.316. The normalized spacial score (nSPS) is 12.1. The molecule has 0 unspecified atom stereocenters. The first-order valence-corrected chi connectivity index (χ1v) is 8.52. The molecule has 0 aliphatic rings. The van der Waals surface area contributed by atoms with Crippen molar-refractivity contribution in [3.05, 3.63) is 54.1 Å². The van der Waals surface area contributed by atoms with E-state index in [1.54, 1.807) is 13.4 Å². The van der Waals surface area contributed by atoms with Crippen LogP contribution in [0.15, 0.2) is 42.7 Å². The Hall–Kier alpha value is -2.93. The van der Waals surface area contributed by atoms with Gasteiger partial charge in [0.1, 0.15) is 6.33 Å². The third-order valence-corrected chi connectivity index (χ3v) is 4.29. The number of hydrogen-bond acceptors (Lipinski definition) is 4. The summed E-state index contributed by atoms with van der Waals surface area (Å²) in [5, 5.41) is 16.0. The van der Waals surface area contributed by atoms with Crippen LogP contribution in [0.1, 0.15) is 24.4 Å². The molecule has 2 aromatic carbocycles. The average molecular weight is 353 g/mol. The van der Waals surface area contributed by atoms with Crippen LogP contribution in [0.3, 0.4) is 0 Å². The first-order valence-electron chi connectivity index (χ1n) is 8.52. The van der Waals surface area contributed by atoms with Crippen molar-refractivity contribution >= 4 is 22.5 Å². The summed E-state index contributed by atoms with van der Waals surface area (Å²) in [6.07, 6.45) is 1.64. The highest BCUT2D eigenvalue weighted by Gasteiger charge is 2.16. The molecule has 1 aromatic heterocycles. The molecule has 0 spiro atoms. The number of carbonyl (C=O) groups is 1. The standard InChI is InChI=1S/C19H23N5O2/c1-13-8-9-15-6-4-5-7-16(15)17(13)22-19(25)21-14(2)18-23-20-12-24(18)10-11-26-3/h4-9,12,14H,10-11H2,1-3H3,(H2,21,22,25)/t14-/m1/s1. The highest BCUT2D eigenvalue weighted by molar-refractivity contribution is 6.02. The van der Waals surface area contributed by atoms with Gasteiger partial charge in [-0.2, -0.15) is 0 Å². The molecule has 2 amide bonds. The molecule has 0 fully saturated rings. The van der Waals surface area contributed by atoms with Gasteiger partial charge in [0, 0.05) is 19.0 Å². The summed E-state index contributed by atoms with van der Waals surface area (Å²) in [5.74, 6) is 0.687. The molecule has 0 saturated heterocycles. The number of aryl methyl sites for hydroxylation is 1. The number of amides is 2. The van der Waals surface area contributed by atoms with Gasteiger partial charge in [-0.05, 0) is 24.8 Å². The lowest BCUT2D eigenvalue weighted by Gasteiger charge is -2.17. The van der Waals surface area contributed by atoms with Crippen molar-refractivity contribution in [3.8, 4) is 0 Å². The van der Waals surface area contributed by atoms with Gasteiger partial charge in [-0.1, -0.05) is 36.4 Å². The Morgan fingerprint density at radius 3 is 2.88 bits per heavy atom. The molecule has 7 nitrogen and oxygen atoms in total. The summed E-state index contributed by atoms with van der Waals surface area (Å²) >= 11 is 0. The topological polar surface area (TPSA) is 81.1 Å². The third-order valence-electron chi connectivity index (χ3n) is 4.29. The lowest BCUT2D eigenvalue weighted by molar-refractivity contribution is 0.185. The Kier molecular flexibility index (Phi) is 5.48. The van der Waals surface area contributed by atoms with Gasteiger partial charge in [0.2, 0.25) is 0 Å². The van der Waals surface area contributed by atoms with Gasteiger partial charge < -0.3 is 19.9 Å². The van der Waals surface area contributed by atoms with Crippen molar-refractivity contribution in [1.82, 2.24) is 20.1 Å². The minimum Gasteiger partial charge on any atom is -0.383 e. The fourth-order valence-electron chi connectivity index (χ4n) is 2.92. The molecule has 0 saturated carbocycles. The number of ether oxygens (including phenoxy) is 1. The fourth-order valence-corrected chi connectivity index (χ4v) is 2.92. The van der Waals surface area contributed by atoms with Crippen LogP contribution in [-0.4, -0.2) is 34.5 Å². The van der Waals surface area contributed by atoms with Crippen molar-refractivity contribution in [1.29, 1.82) is 0 Å². The predicted octanol–water partition coefficient (Wildman–Crippen LogP) is 3.27. The van der Waals surface area contributed by atoms with E-state index in [2.05, 4.69) is 26.9 Å². The number of nitrogens with one attached hydrogen (secondary N) is 2. The number of carbonyl (C=O) groups excluding carboxylic acids is 1. The zero-order valence-electron chi connectivity index (χ0n) is 15.2. The Bertz CT molecular complexity index is 906. The van der Waals surface area contributed by atoms with E-state index in [9.17, 15) is 4.79 Å². The van der Waals surface area contributed by atoms with Crippen LogP contribution in [0.4, 0.5) is 10.5 Å². The van der Waals surface area contributed by atoms with Gasteiger partial charge in [-0.3, -0.25) is 0 Å². The zero-order valence-corrected chi connectivity index (χ0v) is 15.2. The first-order chi connectivity index (χ1) is 12.6. The van der Waals surface area contributed by atoms with Crippen molar-refractivity contribution < 1.29 is 9.53 Å². The Morgan fingerprint density at radius 1 is 1.27 bits per heavy atom. The minimum atomic E-state index is -0.287. The SMILES string of the molecule is COCCn1cnnc1[C@@H](C)NC(=O)Nc1c(C)ccc2ccccc12.